The lowest BCUT2D eigenvalue weighted by Crippen LogP contribution is -3.00. The van der Waals surface area contributed by atoms with Crippen LogP contribution in [0.4, 0.5) is 0 Å². The minimum atomic E-state index is 0. The van der Waals surface area contributed by atoms with Gasteiger partial charge in [-0.15, -0.1) is 0 Å². The van der Waals surface area contributed by atoms with Gasteiger partial charge in [0.1, 0.15) is 12.4 Å². The Morgan fingerprint density at radius 1 is 1.07 bits per heavy atom. The lowest BCUT2D eigenvalue weighted by Gasteiger charge is -1.98. The second kappa shape index (κ2) is 9.07. The van der Waals surface area contributed by atoms with Crippen molar-refractivity contribution in [3.8, 4) is 0 Å². The van der Waals surface area contributed by atoms with Crippen molar-refractivity contribution >= 4 is 0 Å². The molecule has 1 aromatic heterocycles. The molecule has 3 heteroatoms. The van der Waals surface area contributed by atoms with Crippen LogP contribution in [0.5, 0.6) is 0 Å². The van der Waals surface area contributed by atoms with Gasteiger partial charge in [-0.25, -0.2) is 4.57 Å². The third-order valence-electron chi connectivity index (χ3n) is 2.37. The molecule has 0 atom stereocenters. The van der Waals surface area contributed by atoms with E-state index in [-0.39, 0.29) is 12.4 Å². The van der Waals surface area contributed by atoms with Crippen LogP contribution in [0.3, 0.4) is 0 Å². The summed E-state index contributed by atoms with van der Waals surface area (Å²) in [6, 6.07) is 0. The second-order valence-electron chi connectivity index (χ2n) is 3.62. The third-order valence-corrected chi connectivity index (χ3v) is 2.37. The van der Waals surface area contributed by atoms with Crippen molar-refractivity contribution in [1.29, 1.82) is 0 Å². The van der Waals surface area contributed by atoms with Crippen LogP contribution in [-0.2, 0) is 6.54 Å². The summed E-state index contributed by atoms with van der Waals surface area (Å²) in [5, 5.41) is 0. The highest BCUT2D eigenvalue weighted by atomic mass is 35.5. The maximum absolute atomic E-state index is 3.05. The molecule has 82 valence electrons. The molecule has 0 aliphatic rings. The smallest absolute Gasteiger partial charge is 0.241 e. The van der Waals surface area contributed by atoms with E-state index in [0.29, 0.717) is 0 Å². The molecule has 0 saturated heterocycles. The second-order valence-corrected chi connectivity index (χ2v) is 3.62. The van der Waals surface area contributed by atoms with Crippen molar-refractivity contribution in [1.82, 2.24) is 4.98 Å². The minimum Gasteiger partial charge on any atom is -1.00 e. The topological polar surface area (TPSA) is 19.7 Å². The van der Waals surface area contributed by atoms with Crippen LogP contribution in [0.25, 0.3) is 0 Å². The fourth-order valence-electron chi connectivity index (χ4n) is 1.53. The number of aryl methyl sites for hydroxylation is 1. The molecular weight excluding hydrogens is 196 g/mol. The van der Waals surface area contributed by atoms with E-state index in [1.165, 1.54) is 38.5 Å². The summed E-state index contributed by atoms with van der Waals surface area (Å²) in [6.45, 7) is 3.42. The molecule has 0 unspecified atom stereocenters. The molecule has 1 heterocycles. The van der Waals surface area contributed by atoms with Crippen LogP contribution in [-0.4, -0.2) is 4.98 Å². The van der Waals surface area contributed by atoms with Gasteiger partial charge in [-0.05, 0) is 12.8 Å². The van der Waals surface area contributed by atoms with Gasteiger partial charge in [0.2, 0.25) is 6.33 Å². The normalized spacial score (nSPS) is 9.79. The highest BCUT2D eigenvalue weighted by Gasteiger charge is 1.95. The monoisotopic (exact) mass is 216 g/mol. The number of rotatable bonds is 7. The van der Waals surface area contributed by atoms with E-state index >= 15 is 0 Å². The minimum absolute atomic E-state index is 0. The fraction of sp³-hybridized carbons (Fsp3) is 0.727. The Bertz CT molecular complexity index is 197. The first-order valence-corrected chi connectivity index (χ1v) is 5.45. The molecule has 0 radical (unpaired) electrons. The van der Waals surface area contributed by atoms with E-state index in [0.717, 1.165) is 6.54 Å². The molecule has 14 heavy (non-hydrogen) atoms. The highest BCUT2D eigenvalue weighted by molar-refractivity contribution is 4.55. The molecule has 0 saturated carbocycles. The van der Waals surface area contributed by atoms with Crippen molar-refractivity contribution in [3.05, 3.63) is 18.7 Å². The zero-order valence-corrected chi connectivity index (χ0v) is 9.76. The average molecular weight is 217 g/mol. The van der Waals surface area contributed by atoms with Crippen LogP contribution < -0.4 is 17.0 Å². The number of imidazole rings is 1. The van der Waals surface area contributed by atoms with Crippen molar-refractivity contribution in [2.75, 3.05) is 0 Å². The number of hydrogen-bond acceptors (Lipinski definition) is 0. The maximum Gasteiger partial charge on any atom is 0.241 e. The molecule has 0 aliphatic heterocycles. The van der Waals surface area contributed by atoms with Crippen molar-refractivity contribution in [3.63, 3.8) is 0 Å². The van der Waals surface area contributed by atoms with Gasteiger partial charge in [0, 0.05) is 0 Å². The van der Waals surface area contributed by atoms with Gasteiger partial charge in [-0.2, -0.15) is 0 Å². The Morgan fingerprint density at radius 2 is 1.79 bits per heavy atom. The quantitative estimate of drug-likeness (QED) is 0.476. The summed E-state index contributed by atoms with van der Waals surface area (Å²) in [4.78, 5) is 3.05. The Morgan fingerprint density at radius 3 is 2.43 bits per heavy atom. The summed E-state index contributed by atoms with van der Waals surface area (Å²) in [7, 11) is 0. The zero-order valence-electron chi connectivity index (χ0n) is 9.01. The molecule has 0 bridgehead atoms. The third kappa shape index (κ3) is 6.03. The number of aromatic amines is 1. The van der Waals surface area contributed by atoms with Crippen LogP contribution in [0.2, 0.25) is 0 Å². The molecule has 0 spiro atoms. The maximum atomic E-state index is 3.05. The lowest BCUT2D eigenvalue weighted by molar-refractivity contribution is -0.696. The average Bonchev–Trinajstić information content (AvgIpc) is 2.63. The summed E-state index contributed by atoms with van der Waals surface area (Å²) in [6.07, 6.45) is 14.3. The van der Waals surface area contributed by atoms with Gasteiger partial charge >= 0.3 is 0 Å². The first kappa shape index (κ1) is 13.5. The molecule has 0 aliphatic carbocycles. The molecule has 1 N–H and O–H groups in total. The SMILES string of the molecule is CCCCCCCC[n+]1cc[nH]c1.[Cl-]. The van der Waals surface area contributed by atoms with Crippen LogP contribution in [0, 0.1) is 0 Å². The summed E-state index contributed by atoms with van der Waals surface area (Å²) in [5.41, 5.74) is 0. The summed E-state index contributed by atoms with van der Waals surface area (Å²) in [5.74, 6) is 0. The van der Waals surface area contributed by atoms with E-state index < -0.39 is 0 Å². The molecular formula is C11H21ClN2. The number of halogens is 1. The van der Waals surface area contributed by atoms with Gasteiger partial charge in [0.15, 0.2) is 0 Å². The van der Waals surface area contributed by atoms with E-state index in [9.17, 15) is 0 Å². The number of H-pyrrole nitrogens is 1. The highest BCUT2D eigenvalue weighted by Crippen LogP contribution is 2.04. The predicted molar refractivity (Wildman–Crippen MR) is 54.4 cm³/mol. The molecule has 1 rings (SSSR count). The number of unbranched alkanes of at least 4 members (excludes halogenated alkanes) is 5. The molecule has 2 nitrogen and oxygen atoms in total. The molecule has 0 aromatic carbocycles. The Kier molecular flexibility index (Phi) is 8.75. The van der Waals surface area contributed by atoms with E-state index in [1.54, 1.807) is 0 Å². The Balaban J connectivity index is 0.00000169. The molecule has 0 amide bonds. The largest absolute Gasteiger partial charge is 1.00 e. The zero-order chi connectivity index (χ0) is 9.36. The number of hydrogen-bond donors (Lipinski definition) is 1. The van der Waals surface area contributed by atoms with Crippen LogP contribution in [0.1, 0.15) is 45.4 Å². The van der Waals surface area contributed by atoms with Gasteiger partial charge < -0.3 is 12.4 Å². The molecule has 1 aromatic rings. The van der Waals surface area contributed by atoms with Crippen LogP contribution >= 0.6 is 0 Å². The van der Waals surface area contributed by atoms with Gasteiger partial charge in [-0.3, -0.25) is 4.98 Å². The number of aromatic nitrogens is 2. The first-order valence-electron chi connectivity index (χ1n) is 5.45. The van der Waals surface area contributed by atoms with Crippen molar-refractivity contribution < 1.29 is 17.0 Å². The van der Waals surface area contributed by atoms with Crippen molar-refractivity contribution in [2.24, 2.45) is 0 Å². The van der Waals surface area contributed by atoms with E-state index in [4.69, 9.17) is 0 Å². The fourth-order valence-corrected chi connectivity index (χ4v) is 1.53. The van der Waals surface area contributed by atoms with Crippen LogP contribution in [0.15, 0.2) is 18.7 Å². The van der Waals surface area contributed by atoms with Gasteiger partial charge in [0.05, 0.1) is 6.54 Å². The first-order chi connectivity index (χ1) is 6.43. The van der Waals surface area contributed by atoms with Gasteiger partial charge in [-0.1, -0.05) is 32.6 Å². The van der Waals surface area contributed by atoms with E-state index in [1.807, 2.05) is 12.5 Å². The Labute approximate surface area is 93.1 Å². The molecule has 0 fully saturated rings. The van der Waals surface area contributed by atoms with Crippen molar-refractivity contribution in [2.45, 2.75) is 52.0 Å². The Hall–Kier alpha value is -0.500. The summed E-state index contributed by atoms with van der Waals surface area (Å²) >= 11 is 0. The van der Waals surface area contributed by atoms with E-state index in [2.05, 4.69) is 22.7 Å². The van der Waals surface area contributed by atoms with Gasteiger partial charge in [0.25, 0.3) is 0 Å². The number of nitrogens with zero attached hydrogens (tertiary/aromatic N) is 1. The summed E-state index contributed by atoms with van der Waals surface area (Å²) < 4.78 is 2.21. The predicted octanol–water partition coefficient (Wildman–Crippen LogP) is -0.333. The lowest BCUT2D eigenvalue weighted by atomic mass is 10.1. The number of nitrogens with one attached hydrogen (secondary N) is 1. The standard InChI is InChI=1S/C11H20N2.ClH/c1-2-3-4-5-6-7-9-13-10-8-12-11-13;/h8,10-11H,2-7,9H2,1H3;1H.